The fraction of sp³-hybridized carbons (Fsp3) is 0.579. The van der Waals surface area contributed by atoms with Crippen molar-refractivity contribution in [3.63, 3.8) is 0 Å². The topological polar surface area (TPSA) is 74.6 Å². The molecular weight excluding hydrogens is 520 g/mol. The molecule has 4 heteroatoms. The van der Waals surface area contributed by atoms with Gasteiger partial charge in [0.15, 0.2) is 0 Å². The smallest absolute Gasteiger partial charge is 0.328 e. The van der Waals surface area contributed by atoms with Gasteiger partial charge in [-0.25, -0.2) is 4.79 Å². The van der Waals surface area contributed by atoms with E-state index in [9.17, 15) is 9.59 Å². The van der Waals surface area contributed by atoms with E-state index in [0.29, 0.717) is 6.42 Å². The van der Waals surface area contributed by atoms with E-state index in [1.54, 1.807) is 6.08 Å². The first-order valence-corrected chi connectivity index (χ1v) is 16.6. The number of unbranched alkanes of at least 4 members (excludes halogenated alkanes) is 14. The molecule has 0 radical (unpaired) electrons. The summed E-state index contributed by atoms with van der Waals surface area (Å²) in [6.45, 7) is 4.41. The number of carbonyl (C=O) groups is 2. The van der Waals surface area contributed by atoms with Crippen LogP contribution in [-0.4, -0.2) is 22.2 Å². The Morgan fingerprint density at radius 3 is 1.48 bits per heavy atom. The van der Waals surface area contributed by atoms with Crippen LogP contribution in [0.5, 0.6) is 0 Å². The summed E-state index contributed by atoms with van der Waals surface area (Å²) in [6, 6.07) is 0. The van der Waals surface area contributed by atoms with Crippen LogP contribution in [0.3, 0.4) is 0 Å². The highest BCUT2D eigenvalue weighted by molar-refractivity contribution is 5.80. The fourth-order valence-electron chi connectivity index (χ4n) is 4.04. The molecule has 0 saturated heterocycles. The highest BCUT2D eigenvalue weighted by atomic mass is 16.4. The second-order valence-corrected chi connectivity index (χ2v) is 10.5. The van der Waals surface area contributed by atoms with Crippen molar-refractivity contribution in [1.82, 2.24) is 0 Å². The van der Waals surface area contributed by atoms with Crippen molar-refractivity contribution < 1.29 is 19.8 Å². The lowest BCUT2D eigenvalue weighted by molar-refractivity contribution is -0.137. The van der Waals surface area contributed by atoms with Gasteiger partial charge in [0, 0.05) is 12.5 Å². The van der Waals surface area contributed by atoms with E-state index in [1.165, 1.54) is 76.7 Å². The molecule has 238 valence electrons. The van der Waals surface area contributed by atoms with E-state index in [-0.39, 0.29) is 0 Å². The Morgan fingerprint density at radius 1 is 0.476 bits per heavy atom. The zero-order chi connectivity index (χ0) is 31.2. The molecular formula is C38H62O4. The van der Waals surface area contributed by atoms with E-state index >= 15 is 0 Å². The highest BCUT2D eigenvalue weighted by Crippen LogP contribution is 2.11. The molecule has 0 aromatic carbocycles. The van der Waals surface area contributed by atoms with Crippen LogP contribution in [0.15, 0.2) is 85.1 Å². The predicted molar refractivity (Wildman–Crippen MR) is 183 cm³/mol. The van der Waals surface area contributed by atoms with E-state index in [0.717, 1.165) is 57.4 Å². The lowest BCUT2D eigenvalue weighted by Gasteiger charge is -2.00. The monoisotopic (exact) mass is 582 g/mol. The molecule has 42 heavy (non-hydrogen) atoms. The molecule has 4 nitrogen and oxygen atoms in total. The maximum absolute atomic E-state index is 10.3. The molecule has 0 aromatic rings. The molecule has 0 fully saturated rings. The Bertz CT molecular complexity index is 796. The molecule has 0 aliphatic carbocycles. The Hall–Kier alpha value is -2.88. The van der Waals surface area contributed by atoms with Crippen LogP contribution in [-0.2, 0) is 9.59 Å². The Kier molecular flexibility index (Phi) is 37.4. The summed E-state index contributed by atoms with van der Waals surface area (Å²) in [5, 5.41) is 16.9. The SMILES string of the molecule is CC/C=C\C/C=C\C/C=C\CCCCCCCC(=O)O.CCCCCCCCCCCC=CC=CC=CC=CC(=O)O. The molecule has 0 atom stereocenters. The minimum atomic E-state index is -0.922. The first-order chi connectivity index (χ1) is 20.5. The third-order valence-corrected chi connectivity index (χ3v) is 6.45. The number of hydrogen-bond donors (Lipinski definition) is 2. The van der Waals surface area contributed by atoms with Crippen molar-refractivity contribution in [2.45, 2.75) is 142 Å². The van der Waals surface area contributed by atoms with Gasteiger partial charge in [0.1, 0.15) is 0 Å². The first-order valence-electron chi connectivity index (χ1n) is 16.6. The fourth-order valence-corrected chi connectivity index (χ4v) is 4.04. The Labute approximate surface area is 258 Å². The summed E-state index contributed by atoms with van der Waals surface area (Å²) in [5.74, 6) is -1.60. The number of hydrogen-bond acceptors (Lipinski definition) is 2. The van der Waals surface area contributed by atoms with Gasteiger partial charge in [-0.3, -0.25) is 4.79 Å². The molecule has 0 rings (SSSR count). The first kappa shape index (κ1) is 41.3. The van der Waals surface area contributed by atoms with Crippen molar-refractivity contribution in [3.8, 4) is 0 Å². The molecule has 0 aliphatic heterocycles. The van der Waals surface area contributed by atoms with Crippen LogP contribution in [0.25, 0.3) is 0 Å². The molecule has 0 spiro atoms. The maximum Gasteiger partial charge on any atom is 0.328 e. The van der Waals surface area contributed by atoms with Crippen LogP contribution in [0.2, 0.25) is 0 Å². The van der Waals surface area contributed by atoms with Crippen molar-refractivity contribution >= 4 is 11.9 Å². The standard InChI is InChI=1S/C20H32O2.C18H30O2/c1-2-3-4-5-6-7-8-9-10-11-12-13-14-15-16-17-18-19-20(21)22;1-2-3-4-5-6-7-8-9-10-11-12-13-14-15-16-17-18(19)20/h12-19H,2-11H2,1H3,(H,21,22);3-4,6-7,9-10H,2,5,8,11-17H2,1H3,(H,19,20)/b;4-3-,7-6-,10-9-. The second kappa shape index (κ2) is 38.1. The van der Waals surface area contributed by atoms with Crippen molar-refractivity contribution in [2.24, 2.45) is 0 Å². The van der Waals surface area contributed by atoms with Gasteiger partial charge >= 0.3 is 11.9 Å². The van der Waals surface area contributed by atoms with E-state index in [4.69, 9.17) is 10.2 Å². The van der Waals surface area contributed by atoms with E-state index in [2.05, 4.69) is 62.5 Å². The molecule has 0 aromatic heterocycles. The van der Waals surface area contributed by atoms with Gasteiger partial charge in [0.2, 0.25) is 0 Å². The third-order valence-electron chi connectivity index (χ3n) is 6.45. The largest absolute Gasteiger partial charge is 0.481 e. The number of rotatable bonds is 27. The molecule has 0 aliphatic rings. The summed E-state index contributed by atoms with van der Waals surface area (Å²) in [5.41, 5.74) is 0. The number of aliphatic carboxylic acids is 2. The Morgan fingerprint density at radius 2 is 0.929 bits per heavy atom. The number of carboxylic acid groups (broad SMARTS) is 2. The van der Waals surface area contributed by atoms with Crippen LogP contribution in [0, 0.1) is 0 Å². The van der Waals surface area contributed by atoms with Gasteiger partial charge in [0.05, 0.1) is 0 Å². The van der Waals surface area contributed by atoms with Crippen LogP contribution < -0.4 is 0 Å². The molecule has 2 N–H and O–H groups in total. The average Bonchev–Trinajstić information content (AvgIpc) is 2.97. The molecule has 0 unspecified atom stereocenters. The van der Waals surface area contributed by atoms with Crippen LogP contribution in [0.1, 0.15) is 142 Å². The summed E-state index contributed by atoms with van der Waals surface area (Å²) in [7, 11) is 0. The number of allylic oxidation sites excluding steroid dienone is 13. The van der Waals surface area contributed by atoms with Crippen molar-refractivity contribution in [1.29, 1.82) is 0 Å². The lowest BCUT2D eigenvalue weighted by Crippen LogP contribution is -1.93. The van der Waals surface area contributed by atoms with Gasteiger partial charge in [0.25, 0.3) is 0 Å². The van der Waals surface area contributed by atoms with Crippen LogP contribution >= 0.6 is 0 Å². The predicted octanol–water partition coefficient (Wildman–Crippen LogP) is 11.9. The zero-order valence-electron chi connectivity index (χ0n) is 26.9. The van der Waals surface area contributed by atoms with Crippen LogP contribution in [0.4, 0.5) is 0 Å². The van der Waals surface area contributed by atoms with Gasteiger partial charge < -0.3 is 10.2 Å². The summed E-state index contributed by atoms with van der Waals surface area (Å²) >= 11 is 0. The quantitative estimate of drug-likeness (QED) is 0.0437. The molecule has 0 heterocycles. The van der Waals surface area contributed by atoms with Gasteiger partial charge in [-0.2, -0.15) is 0 Å². The molecule has 0 saturated carbocycles. The van der Waals surface area contributed by atoms with Gasteiger partial charge in [-0.05, 0) is 51.4 Å². The molecule has 0 amide bonds. The Balaban J connectivity index is 0. The van der Waals surface area contributed by atoms with E-state index < -0.39 is 11.9 Å². The van der Waals surface area contributed by atoms with Crippen molar-refractivity contribution in [2.75, 3.05) is 0 Å². The average molecular weight is 583 g/mol. The van der Waals surface area contributed by atoms with Gasteiger partial charge in [-0.15, -0.1) is 0 Å². The number of carboxylic acids is 2. The molecule has 0 bridgehead atoms. The lowest BCUT2D eigenvalue weighted by atomic mass is 10.1. The highest BCUT2D eigenvalue weighted by Gasteiger charge is 1.95. The van der Waals surface area contributed by atoms with Crippen molar-refractivity contribution in [3.05, 3.63) is 85.1 Å². The van der Waals surface area contributed by atoms with Gasteiger partial charge in [-0.1, -0.05) is 163 Å². The minimum absolute atomic E-state index is 0.319. The second-order valence-electron chi connectivity index (χ2n) is 10.5. The van der Waals surface area contributed by atoms with E-state index in [1.807, 2.05) is 18.2 Å². The summed E-state index contributed by atoms with van der Waals surface area (Å²) in [6.07, 6.45) is 51.1. The summed E-state index contributed by atoms with van der Waals surface area (Å²) < 4.78 is 0. The third kappa shape index (κ3) is 44.1. The minimum Gasteiger partial charge on any atom is -0.481 e. The maximum atomic E-state index is 10.3. The summed E-state index contributed by atoms with van der Waals surface area (Å²) in [4.78, 5) is 20.5. The zero-order valence-corrected chi connectivity index (χ0v) is 26.9. The normalized spacial score (nSPS) is 12.2.